The van der Waals surface area contributed by atoms with Crippen LogP contribution in [0.25, 0.3) is 0 Å². The largest absolute Gasteiger partial charge is 0.369 e. The minimum atomic E-state index is -1.15. The summed E-state index contributed by atoms with van der Waals surface area (Å²) in [5.74, 6) is -1.02. The lowest BCUT2D eigenvalue weighted by Crippen LogP contribution is -2.53. The molecule has 1 aromatic carbocycles. The molecule has 0 spiro atoms. The summed E-state index contributed by atoms with van der Waals surface area (Å²) in [6.45, 7) is 4.07. The first-order valence-corrected chi connectivity index (χ1v) is 7.93. The van der Waals surface area contributed by atoms with Crippen molar-refractivity contribution in [1.82, 2.24) is 10.2 Å². The van der Waals surface area contributed by atoms with Gasteiger partial charge in [-0.15, -0.1) is 0 Å². The van der Waals surface area contributed by atoms with Crippen molar-refractivity contribution >= 4 is 17.7 Å². The summed E-state index contributed by atoms with van der Waals surface area (Å²) in [5.41, 5.74) is 1.93. The maximum atomic E-state index is 12.9. The van der Waals surface area contributed by atoms with E-state index in [1.165, 1.54) is 4.90 Å². The quantitative estimate of drug-likeness (QED) is 0.826. The van der Waals surface area contributed by atoms with Gasteiger partial charge in [-0.25, -0.2) is 0 Å². The molecule has 0 aromatic heterocycles. The number of aliphatic hydroxyl groups excluding tert-OH is 1. The van der Waals surface area contributed by atoms with Crippen LogP contribution in [0.3, 0.4) is 0 Å². The number of fused-ring (bicyclic) bond motifs is 1. The third-order valence-electron chi connectivity index (χ3n) is 4.81. The number of hydrogen-bond acceptors (Lipinski definition) is 4. The highest BCUT2D eigenvalue weighted by Gasteiger charge is 2.45. The van der Waals surface area contributed by atoms with Crippen molar-refractivity contribution in [3.8, 4) is 0 Å². The molecule has 0 saturated carbocycles. The number of rotatable bonds is 3. The highest BCUT2D eigenvalue weighted by molar-refractivity contribution is 6.06. The molecule has 0 radical (unpaired) electrons. The fourth-order valence-electron chi connectivity index (χ4n) is 3.33. The van der Waals surface area contributed by atoms with E-state index in [2.05, 4.69) is 5.32 Å². The van der Waals surface area contributed by atoms with Crippen LogP contribution < -0.4 is 5.32 Å². The summed E-state index contributed by atoms with van der Waals surface area (Å²) in [6, 6.07) is 4.62. The number of imide groups is 1. The van der Waals surface area contributed by atoms with Gasteiger partial charge in [0.1, 0.15) is 6.04 Å². The SMILES string of the molecule is CCC(C)c1cccc2c1C(=O)N(C1CCC(=O)NC1=O)C2O. The van der Waals surface area contributed by atoms with Gasteiger partial charge in [0.05, 0.1) is 5.56 Å². The highest BCUT2D eigenvalue weighted by Crippen LogP contribution is 2.39. The Balaban J connectivity index is 1.99. The lowest BCUT2D eigenvalue weighted by atomic mass is 9.91. The first-order chi connectivity index (χ1) is 11.0. The number of carbonyl (C=O) groups is 3. The molecule has 0 bridgehead atoms. The maximum Gasteiger partial charge on any atom is 0.257 e. The van der Waals surface area contributed by atoms with E-state index in [0.29, 0.717) is 11.1 Å². The number of benzene rings is 1. The summed E-state index contributed by atoms with van der Waals surface area (Å²) in [7, 11) is 0. The van der Waals surface area contributed by atoms with Gasteiger partial charge in [0.2, 0.25) is 11.8 Å². The van der Waals surface area contributed by atoms with Gasteiger partial charge in [0.15, 0.2) is 6.23 Å². The van der Waals surface area contributed by atoms with Crippen molar-refractivity contribution in [2.24, 2.45) is 0 Å². The van der Waals surface area contributed by atoms with Crippen LogP contribution in [0.15, 0.2) is 18.2 Å². The molecule has 6 heteroatoms. The second-order valence-electron chi connectivity index (χ2n) is 6.17. The molecule has 2 aliphatic rings. The Morgan fingerprint density at radius 2 is 2.09 bits per heavy atom. The van der Waals surface area contributed by atoms with Crippen LogP contribution in [-0.2, 0) is 9.59 Å². The molecule has 3 rings (SSSR count). The molecule has 3 unspecified atom stereocenters. The number of aliphatic hydroxyl groups is 1. The summed E-state index contributed by atoms with van der Waals surface area (Å²) < 4.78 is 0. The molecule has 23 heavy (non-hydrogen) atoms. The van der Waals surface area contributed by atoms with Gasteiger partial charge in [-0.05, 0) is 24.3 Å². The lowest BCUT2D eigenvalue weighted by molar-refractivity contribution is -0.139. The van der Waals surface area contributed by atoms with Crippen LogP contribution in [0.5, 0.6) is 0 Å². The van der Waals surface area contributed by atoms with E-state index < -0.39 is 18.2 Å². The third-order valence-corrected chi connectivity index (χ3v) is 4.81. The van der Waals surface area contributed by atoms with Gasteiger partial charge in [-0.1, -0.05) is 32.0 Å². The van der Waals surface area contributed by atoms with Crippen LogP contribution in [0.1, 0.15) is 66.7 Å². The van der Waals surface area contributed by atoms with Gasteiger partial charge in [-0.2, -0.15) is 0 Å². The van der Waals surface area contributed by atoms with E-state index in [1.807, 2.05) is 26.0 Å². The maximum absolute atomic E-state index is 12.9. The lowest BCUT2D eigenvalue weighted by Gasteiger charge is -2.31. The van der Waals surface area contributed by atoms with E-state index in [9.17, 15) is 19.5 Å². The Hall–Kier alpha value is -2.21. The second-order valence-corrected chi connectivity index (χ2v) is 6.17. The van der Waals surface area contributed by atoms with Crippen molar-refractivity contribution in [2.45, 2.75) is 51.3 Å². The summed E-state index contributed by atoms with van der Waals surface area (Å²) in [5, 5.41) is 12.8. The number of nitrogens with one attached hydrogen (secondary N) is 1. The summed E-state index contributed by atoms with van der Waals surface area (Å²) in [6.07, 6.45) is 0.130. The molecule has 2 N–H and O–H groups in total. The average molecular weight is 316 g/mol. The number of nitrogens with zero attached hydrogens (tertiary/aromatic N) is 1. The number of carbonyl (C=O) groups excluding carboxylic acids is 3. The molecule has 1 saturated heterocycles. The van der Waals surface area contributed by atoms with Crippen LogP contribution in [0, 0.1) is 0 Å². The molecule has 2 heterocycles. The standard InChI is InChI=1S/C17H20N2O4/c1-3-9(2)10-5-4-6-11-14(10)17(23)19(16(11)22)12-7-8-13(20)18-15(12)21/h4-6,9,12,16,22H,3,7-8H2,1-2H3,(H,18,20,21). The molecule has 1 aromatic rings. The Bertz CT molecular complexity index is 685. The smallest absolute Gasteiger partial charge is 0.257 e. The van der Waals surface area contributed by atoms with Crippen LogP contribution in [0.2, 0.25) is 0 Å². The van der Waals surface area contributed by atoms with Crippen LogP contribution in [-0.4, -0.2) is 33.8 Å². The predicted octanol–water partition coefficient (Wildman–Crippen LogP) is 1.45. The van der Waals surface area contributed by atoms with Crippen molar-refractivity contribution < 1.29 is 19.5 Å². The third kappa shape index (κ3) is 2.43. The average Bonchev–Trinajstić information content (AvgIpc) is 2.79. The zero-order chi connectivity index (χ0) is 16.7. The van der Waals surface area contributed by atoms with Gasteiger partial charge in [0, 0.05) is 12.0 Å². The van der Waals surface area contributed by atoms with Crippen molar-refractivity contribution in [2.75, 3.05) is 0 Å². The zero-order valence-corrected chi connectivity index (χ0v) is 13.2. The fourth-order valence-corrected chi connectivity index (χ4v) is 3.33. The number of hydrogen-bond donors (Lipinski definition) is 2. The van der Waals surface area contributed by atoms with Gasteiger partial charge in [-0.3, -0.25) is 24.6 Å². The number of piperidine rings is 1. The van der Waals surface area contributed by atoms with Gasteiger partial charge in [0.25, 0.3) is 5.91 Å². The molecule has 1 fully saturated rings. The van der Waals surface area contributed by atoms with E-state index in [1.54, 1.807) is 6.07 Å². The van der Waals surface area contributed by atoms with E-state index in [0.717, 1.165) is 12.0 Å². The first kappa shape index (κ1) is 15.7. The Morgan fingerprint density at radius 1 is 1.35 bits per heavy atom. The molecular weight excluding hydrogens is 296 g/mol. The molecule has 6 nitrogen and oxygen atoms in total. The topological polar surface area (TPSA) is 86.7 Å². The van der Waals surface area contributed by atoms with Crippen molar-refractivity contribution in [1.29, 1.82) is 0 Å². The molecule has 0 aliphatic carbocycles. The zero-order valence-electron chi connectivity index (χ0n) is 13.2. The minimum absolute atomic E-state index is 0.168. The summed E-state index contributed by atoms with van der Waals surface area (Å²) in [4.78, 5) is 37.5. The van der Waals surface area contributed by atoms with Crippen molar-refractivity contribution in [3.05, 3.63) is 34.9 Å². The molecular formula is C17H20N2O4. The number of amides is 3. The second kappa shape index (κ2) is 5.77. The van der Waals surface area contributed by atoms with Gasteiger partial charge < -0.3 is 5.11 Å². The highest BCUT2D eigenvalue weighted by atomic mass is 16.3. The van der Waals surface area contributed by atoms with Gasteiger partial charge >= 0.3 is 0 Å². The Morgan fingerprint density at radius 3 is 2.74 bits per heavy atom. The Kier molecular flexibility index (Phi) is 3.93. The van der Waals surface area contributed by atoms with E-state index in [4.69, 9.17) is 0 Å². The molecule has 122 valence electrons. The van der Waals surface area contributed by atoms with Crippen LogP contribution in [0.4, 0.5) is 0 Å². The predicted molar refractivity (Wildman–Crippen MR) is 82.4 cm³/mol. The minimum Gasteiger partial charge on any atom is -0.369 e. The van der Waals surface area contributed by atoms with E-state index >= 15 is 0 Å². The fraction of sp³-hybridized carbons (Fsp3) is 0.471. The first-order valence-electron chi connectivity index (χ1n) is 7.93. The normalized spacial score (nSPS) is 25.3. The van der Waals surface area contributed by atoms with E-state index in [-0.39, 0.29) is 30.6 Å². The molecule has 3 atom stereocenters. The Labute approximate surface area is 134 Å². The van der Waals surface area contributed by atoms with Crippen molar-refractivity contribution in [3.63, 3.8) is 0 Å². The monoisotopic (exact) mass is 316 g/mol. The molecule has 3 amide bonds. The summed E-state index contributed by atoms with van der Waals surface area (Å²) >= 11 is 0. The van der Waals surface area contributed by atoms with Crippen LogP contribution >= 0.6 is 0 Å². The molecule has 2 aliphatic heterocycles.